The van der Waals surface area contributed by atoms with Crippen LogP contribution in [0.4, 0.5) is 0 Å². The molecule has 0 radical (unpaired) electrons. The Bertz CT molecular complexity index is 476. The lowest BCUT2D eigenvalue weighted by atomic mass is 9.88. The molecule has 5 heteroatoms. The Labute approximate surface area is 126 Å². The fourth-order valence-electron chi connectivity index (χ4n) is 3.24. The number of aromatic nitrogens is 1. The first-order valence-electron chi connectivity index (χ1n) is 7.79. The SMILES string of the molecule is CC1(C(=O)N2CCN(Cc3cccnc3)CC2)CCNC1. The maximum absolute atomic E-state index is 12.6. The molecule has 1 unspecified atom stereocenters. The molecule has 3 heterocycles. The number of hydrogen-bond acceptors (Lipinski definition) is 4. The van der Waals surface area contributed by atoms with Gasteiger partial charge in [0.25, 0.3) is 0 Å². The van der Waals surface area contributed by atoms with Crippen LogP contribution < -0.4 is 5.32 Å². The van der Waals surface area contributed by atoms with Crippen molar-refractivity contribution in [3.63, 3.8) is 0 Å². The lowest BCUT2D eigenvalue weighted by Gasteiger charge is -2.38. The van der Waals surface area contributed by atoms with Crippen LogP contribution in [-0.2, 0) is 11.3 Å². The molecule has 0 spiro atoms. The van der Waals surface area contributed by atoms with Gasteiger partial charge in [0.1, 0.15) is 0 Å². The number of pyridine rings is 1. The number of hydrogen-bond donors (Lipinski definition) is 1. The third-order valence-electron chi connectivity index (χ3n) is 4.67. The highest BCUT2D eigenvalue weighted by molar-refractivity contribution is 5.83. The summed E-state index contributed by atoms with van der Waals surface area (Å²) < 4.78 is 0. The molecule has 1 aromatic rings. The van der Waals surface area contributed by atoms with E-state index < -0.39 is 0 Å². The molecule has 2 aliphatic heterocycles. The molecule has 21 heavy (non-hydrogen) atoms. The van der Waals surface area contributed by atoms with Crippen molar-refractivity contribution < 1.29 is 4.79 Å². The second-order valence-corrected chi connectivity index (χ2v) is 6.42. The summed E-state index contributed by atoms with van der Waals surface area (Å²) in [6.45, 7) is 8.38. The van der Waals surface area contributed by atoms with Crippen molar-refractivity contribution in [3.8, 4) is 0 Å². The molecule has 2 saturated heterocycles. The van der Waals surface area contributed by atoms with Crippen molar-refractivity contribution >= 4 is 5.91 Å². The summed E-state index contributed by atoms with van der Waals surface area (Å²) in [4.78, 5) is 21.2. The fourth-order valence-corrected chi connectivity index (χ4v) is 3.24. The van der Waals surface area contributed by atoms with E-state index in [2.05, 4.69) is 28.2 Å². The molecule has 1 atom stereocenters. The van der Waals surface area contributed by atoms with Crippen LogP contribution in [0.5, 0.6) is 0 Å². The monoisotopic (exact) mass is 288 g/mol. The van der Waals surface area contributed by atoms with E-state index in [9.17, 15) is 4.79 Å². The zero-order chi connectivity index (χ0) is 14.7. The first-order chi connectivity index (χ1) is 10.2. The summed E-state index contributed by atoms with van der Waals surface area (Å²) in [6.07, 6.45) is 4.68. The molecular formula is C16H24N4O. The minimum atomic E-state index is -0.189. The predicted molar refractivity (Wildman–Crippen MR) is 81.7 cm³/mol. The number of carbonyl (C=O) groups is 1. The lowest BCUT2D eigenvalue weighted by Crippen LogP contribution is -2.52. The van der Waals surface area contributed by atoms with E-state index in [0.29, 0.717) is 5.91 Å². The van der Waals surface area contributed by atoms with Gasteiger partial charge in [0, 0.05) is 51.7 Å². The average Bonchev–Trinajstić information content (AvgIpc) is 2.96. The van der Waals surface area contributed by atoms with Crippen molar-refractivity contribution in [2.24, 2.45) is 5.41 Å². The molecule has 0 saturated carbocycles. The summed E-state index contributed by atoms with van der Waals surface area (Å²) in [5.74, 6) is 0.327. The predicted octanol–water partition coefficient (Wildman–Crippen LogP) is 0.725. The van der Waals surface area contributed by atoms with Crippen LogP contribution in [0, 0.1) is 5.41 Å². The zero-order valence-electron chi connectivity index (χ0n) is 12.7. The highest BCUT2D eigenvalue weighted by Crippen LogP contribution is 2.27. The molecule has 0 bridgehead atoms. The topological polar surface area (TPSA) is 48.5 Å². The van der Waals surface area contributed by atoms with E-state index in [1.807, 2.05) is 17.2 Å². The first kappa shape index (κ1) is 14.5. The Kier molecular flexibility index (Phi) is 4.22. The van der Waals surface area contributed by atoms with Gasteiger partial charge in [-0.05, 0) is 31.5 Å². The molecule has 3 rings (SSSR count). The molecule has 1 N–H and O–H groups in total. The number of amides is 1. The van der Waals surface area contributed by atoms with Crippen LogP contribution in [0.3, 0.4) is 0 Å². The Morgan fingerprint density at radius 3 is 2.81 bits per heavy atom. The van der Waals surface area contributed by atoms with Gasteiger partial charge in [-0.15, -0.1) is 0 Å². The Balaban J connectivity index is 1.52. The van der Waals surface area contributed by atoms with Crippen molar-refractivity contribution in [2.45, 2.75) is 19.9 Å². The van der Waals surface area contributed by atoms with E-state index in [0.717, 1.165) is 52.2 Å². The molecular weight excluding hydrogens is 264 g/mol. The fraction of sp³-hybridized carbons (Fsp3) is 0.625. The second kappa shape index (κ2) is 6.12. The molecule has 2 aliphatic rings. The number of piperazine rings is 1. The Morgan fingerprint density at radius 2 is 2.19 bits per heavy atom. The highest BCUT2D eigenvalue weighted by atomic mass is 16.2. The van der Waals surface area contributed by atoms with Gasteiger partial charge in [-0.25, -0.2) is 0 Å². The third kappa shape index (κ3) is 3.24. The largest absolute Gasteiger partial charge is 0.340 e. The molecule has 1 amide bonds. The third-order valence-corrected chi connectivity index (χ3v) is 4.67. The molecule has 5 nitrogen and oxygen atoms in total. The van der Waals surface area contributed by atoms with Crippen LogP contribution >= 0.6 is 0 Å². The van der Waals surface area contributed by atoms with E-state index in [4.69, 9.17) is 0 Å². The number of carbonyl (C=O) groups excluding carboxylic acids is 1. The van der Waals surface area contributed by atoms with E-state index >= 15 is 0 Å². The standard InChI is InChI=1S/C16H24N4O/c1-16(4-6-18-13-16)15(21)20-9-7-19(8-10-20)12-14-3-2-5-17-11-14/h2-3,5,11,18H,4,6-10,12-13H2,1H3. The normalized spacial score (nSPS) is 27.0. The summed E-state index contributed by atoms with van der Waals surface area (Å²) >= 11 is 0. The van der Waals surface area contributed by atoms with Gasteiger partial charge in [0.15, 0.2) is 0 Å². The zero-order valence-corrected chi connectivity index (χ0v) is 12.7. The summed E-state index contributed by atoms with van der Waals surface area (Å²) in [5.41, 5.74) is 1.05. The van der Waals surface area contributed by atoms with Crippen LogP contribution in [0.25, 0.3) is 0 Å². The van der Waals surface area contributed by atoms with Crippen molar-refractivity contribution in [1.82, 2.24) is 20.1 Å². The van der Waals surface area contributed by atoms with Crippen LogP contribution in [0.1, 0.15) is 18.9 Å². The summed E-state index contributed by atoms with van der Waals surface area (Å²) in [5, 5.41) is 3.31. The Hall–Kier alpha value is -1.46. The van der Waals surface area contributed by atoms with E-state index in [-0.39, 0.29) is 5.41 Å². The van der Waals surface area contributed by atoms with Gasteiger partial charge in [-0.2, -0.15) is 0 Å². The van der Waals surface area contributed by atoms with Gasteiger partial charge >= 0.3 is 0 Å². The van der Waals surface area contributed by atoms with Gasteiger partial charge in [-0.1, -0.05) is 6.07 Å². The highest BCUT2D eigenvalue weighted by Gasteiger charge is 2.39. The number of nitrogens with zero attached hydrogens (tertiary/aromatic N) is 3. The molecule has 2 fully saturated rings. The van der Waals surface area contributed by atoms with Crippen molar-refractivity contribution in [3.05, 3.63) is 30.1 Å². The molecule has 114 valence electrons. The lowest BCUT2D eigenvalue weighted by molar-refractivity contribution is -0.142. The average molecular weight is 288 g/mol. The quantitative estimate of drug-likeness (QED) is 0.890. The second-order valence-electron chi connectivity index (χ2n) is 6.42. The van der Waals surface area contributed by atoms with E-state index in [1.54, 1.807) is 6.20 Å². The minimum Gasteiger partial charge on any atom is -0.340 e. The van der Waals surface area contributed by atoms with Gasteiger partial charge < -0.3 is 10.2 Å². The number of rotatable bonds is 3. The van der Waals surface area contributed by atoms with Gasteiger partial charge in [0.05, 0.1) is 5.41 Å². The van der Waals surface area contributed by atoms with Crippen LogP contribution in [-0.4, -0.2) is 60.0 Å². The van der Waals surface area contributed by atoms with Gasteiger partial charge in [-0.3, -0.25) is 14.7 Å². The molecule has 1 aromatic heterocycles. The van der Waals surface area contributed by atoms with Crippen LogP contribution in [0.2, 0.25) is 0 Å². The van der Waals surface area contributed by atoms with Crippen molar-refractivity contribution in [2.75, 3.05) is 39.3 Å². The number of nitrogens with one attached hydrogen (secondary N) is 1. The maximum atomic E-state index is 12.6. The Morgan fingerprint density at radius 1 is 1.38 bits per heavy atom. The maximum Gasteiger partial charge on any atom is 0.229 e. The summed E-state index contributed by atoms with van der Waals surface area (Å²) in [7, 11) is 0. The van der Waals surface area contributed by atoms with Crippen LogP contribution in [0.15, 0.2) is 24.5 Å². The smallest absolute Gasteiger partial charge is 0.229 e. The summed E-state index contributed by atoms with van der Waals surface area (Å²) in [6, 6.07) is 4.08. The minimum absolute atomic E-state index is 0.189. The first-order valence-corrected chi connectivity index (χ1v) is 7.79. The van der Waals surface area contributed by atoms with Gasteiger partial charge in [0.2, 0.25) is 5.91 Å². The molecule has 0 aromatic carbocycles. The van der Waals surface area contributed by atoms with E-state index in [1.165, 1.54) is 5.56 Å². The van der Waals surface area contributed by atoms with Crippen molar-refractivity contribution in [1.29, 1.82) is 0 Å². The molecule has 0 aliphatic carbocycles.